The molecule has 2 aromatic rings. The molecule has 2 heterocycles. The predicted molar refractivity (Wildman–Crippen MR) is 98.5 cm³/mol. The minimum atomic E-state index is -1.06. The Bertz CT molecular complexity index is 855. The minimum Gasteiger partial charge on any atom is -0.463 e. The van der Waals surface area contributed by atoms with Crippen molar-refractivity contribution in [2.45, 2.75) is 44.8 Å². The van der Waals surface area contributed by atoms with Crippen molar-refractivity contribution in [2.24, 2.45) is 0 Å². The fourth-order valence-electron chi connectivity index (χ4n) is 3.20. The van der Waals surface area contributed by atoms with Crippen LogP contribution in [0, 0.1) is 0 Å². The second-order valence-corrected chi connectivity index (χ2v) is 7.85. The topological polar surface area (TPSA) is 89.2 Å². The summed E-state index contributed by atoms with van der Waals surface area (Å²) in [6, 6.07) is 6.98. The van der Waals surface area contributed by atoms with E-state index < -0.39 is 17.2 Å². The van der Waals surface area contributed by atoms with Crippen molar-refractivity contribution in [3.63, 3.8) is 0 Å². The maximum atomic E-state index is 12.2. The summed E-state index contributed by atoms with van der Waals surface area (Å²) in [4.78, 5) is 25.4. The van der Waals surface area contributed by atoms with Gasteiger partial charge in [0.15, 0.2) is 0 Å². The first-order valence-electron chi connectivity index (χ1n) is 8.94. The number of esters is 1. The number of hydrogen-bond donors (Lipinski definition) is 1. The molecule has 7 nitrogen and oxygen atoms in total. The first-order chi connectivity index (χ1) is 12.6. The van der Waals surface area contributed by atoms with Gasteiger partial charge in [-0.1, -0.05) is 12.1 Å². The number of carbonyl (C=O) groups excluding carboxylic acids is 2. The van der Waals surface area contributed by atoms with Gasteiger partial charge in [-0.3, -0.25) is 0 Å². The van der Waals surface area contributed by atoms with Gasteiger partial charge in [-0.2, -0.15) is 0 Å². The Labute approximate surface area is 157 Å². The summed E-state index contributed by atoms with van der Waals surface area (Å²) in [6.07, 6.45) is 0.415. The third-order valence-electron chi connectivity index (χ3n) is 4.69. The zero-order chi connectivity index (χ0) is 19.8. The fourth-order valence-corrected chi connectivity index (χ4v) is 3.20. The monoisotopic (exact) mass is 375 g/mol. The van der Waals surface area contributed by atoms with Crippen LogP contribution in [-0.4, -0.2) is 47.9 Å². The number of piperidine rings is 1. The molecule has 1 saturated heterocycles. The van der Waals surface area contributed by atoms with Crippen LogP contribution < -0.4 is 0 Å². The maximum absolute atomic E-state index is 12.2. The lowest BCUT2D eigenvalue weighted by Crippen LogP contribution is -2.46. The van der Waals surface area contributed by atoms with Gasteiger partial charge in [0.05, 0.1) is 12.7 Å². The molecule has 0 unspecified atom stereocenters. The lowest BCUT2D eigenvalue weighted by Gasteiger charge is -2.38. The van der Waals surface area contributed by atoms with Crippen LogP contribution in [0.5, 0.6) is 0 Å². The highest BCUT2D eigenvalue weighted by Gasteiger charge is 2.37. The molecule has 1 aromatic heterocycles. The van der Waals surface area contributed by atoms with Gasteiger partial charge in [0.1, 0.15) is 11.2 Å². The summed E-state index contributed by atoms with van der Waals surface area (Å²) in [5, 5.41) is 11.8. The number of rotatable bonds is 2. The van der Waals surface area contributed by atoms with E-state index in [0.29, 0.717) is 37.1 Å². The fraction of sp³-hybridized carbons (Fsp3) is 0.500. The molecule has 7 heteroatoms. The maximum Gasteiger partial charge on any atom is 0.410 e. The lowest BCUT2D eigenvalue weighted by atomic mass is 9.84. The largest absolute Gasteiger partial charge is 0.463 e. The Balaban J connectivity index is 1.75. The molecule has 27 heavy (non-hydrogen) atoms. The number of fused-ring (bicyclic) bond motifs is 1. The van der Waals surface area contributed by atoms with E-state index in [9.17, 15) is 14.7 Å². The van der Waals surface area contributed by atoms with E-state index >= 15 is 0 Å². The molecule has 0 atom stereocenters. The molecule has 1 aliphatic rings. The Hall–Kier alpha value is -2.54. The first kappa shape index (κ1) is 19.2. The molecule has 1 aliphatic heterocycles. The minimum absolute atomic E-state index is 0.122. The second-order valence-electron chi connectivity index (χ2n) is 7.85. The summed E-state index contributed by atoms with van der Waals surface area (Å²) in [7, 11) is 1.29. The third kappa shape index (κ3) is 4.08. The van der Waals surface area contributed by atoms with Gasteiger partial charge < -0.3 is 23.9 Å². The Morgan fingerprint density at radius 3 is 2.44 bits per heavy atom. The number of methoxy groups -OCH3 is 1. The van der Waals surface area contributed by atoms with Gasteiger partial charge >= 0.3 is 12.1 Å². The summed E-state index contributed by atoms with van der Waals surface area (Å²) >= 11 is 0. The van der Waals surface area contributed by atoms with E-state index in [4.69, 9.17) is 9.15 Å². The van der Waals surface area contributed by atoms with Crippen molar-refractivity contribution in [1.29, 1.82) is 0 Å². The van der Waals surface area contributed by atoms with Crippen LogP contribution in [0.15, 0.2) is 28.7 Å². The van der Waals surface area contributed by atoms with Crippen LogP contribution in [0.2, 0.25) is 0 Å². The highest BCUT2D eigenvalue weighted by Crippen LogP contribution is 2.35. The summed E-state index contributed by atoms with van der Waals surface area (Å²) in [6.45, 7) is 6.27. The number of amides is 1. The molecule has 3 rings (SSSR count). The second kappa shape index (κ2) is 6.88. The van der Waals surface area contributed by atoms with Gasteiger partial charge in [0.25, 0.3) is 0 Å². The highest BCUT2D eigenvalue weighted by molar-refractivity contribution is 5.92. The molecule has 0 radical (unpaired) electrons. The number of aliphatic hydroxyl groups is 1. The van der Waals surface area contributed by atoms with Gasteiger partial charge in [0.2, 0.25) is 5.76 Å². The smallest absolute Gasteiger partial charge is 0.410 e. The molecule has 0 aliphatic carbocycles. The van der Waals surface area contributed by atoms with Crippen molar-refractivity contribution in [1.82, 2.24) is 4.90 Å². The van der Waals surface area contributed by atoms with Crippen LogP contribution in [0.25, 0.3) is 11.0 Å². The number of likely N-dealkylation sites (tertiary alicyclic amines) is 1. The molecule has 0 spiro atoms. The number of ether oxygens (including phenoxy) is 2. The van der Waals surface area contributed by atoms with E-state index in [2.05, 4.69) is 4.74 Å². The molecule has 0 bridgehead atoms. The first-order valence-corrected chi connectivity index (χ1v) is 8.94. The van der Waals surface area contributed by atoms with Crippen molar-refractivity contribution in [3.05, 3.63) is 35.6 Å². The SMILES string of the molecule is COC(=O)c1cc2ccc(C3(O)CCN(C(=O)OC(C)(C)C)CC3)cc2o1. The molecular formula is C20H25NO6. The van der Waals surface area contributed by atoms with Crippen molar-refractivity contribution in [3.8, 4) is 0 Å². The van der Waals surface area contributed by atoms with Gasteiger partial charge in [-0.15, -0.1) is 0 Å². The standard InChI is InChI=1S/C20H25NO6/c1-19(2,3)27-18(23)21-9-7-20(24,8-10-21)14-6-5-13-11-16(17(22)25-4)26-15(13)12-14/h5-6,11-12,24H,7-10H2,1-4H3. The summed E-state index contributed by atoms with van der Waals surface area (Å²) in [5.41, 5.74) is -0.405. The van der Waals surface area contributed by atoms with E-state index in [0.717, 1.165) is 5.39 Å². The summed E-state index contributed by atoms with van der Waals surface area (Å²) < 4.78 is 15.6. The van der Waals surface area contributed by atoms with Crippen LogP contribution in [0.1, 0.15) is 49.7 Å². The number of furan rings is 1. The Morgan fingerprint density at radius 2 is 1.85 bits per heavy atom. The molecule has 146 valence electrons. The average molecular weight is 375 g/mol. The van der Waals surface area contributed by atoms with Gasteiger partial charge in [-0.05, 0) is 51.3 Å². The molecule has 1 N–H and O–H groups in total. The normalized spacial score (nSPS) is 17.0. The molecule has 1 amide bonds. The van der Waals surface area contributed by atoms with Gasteiger partial charge in [-0.25, -0.2) is 9.59 Å². The molecule has 1 fully saturated rings. The van der Waals surface area contributed by atoms with Crippen LogP contribution in [0.3, 0.4) is 0 Å². The van der Waals surface area contributed by atoms with E-state index in [-0.39, 0.29) is 11.9 Å². The average Bonchev–Trinajstić information content (AvgIpc) is 3.03. The van der Waals surface area contributed by atoms with E-state index in [1.165, 1.54) is 7.11 Å². The van der Waals surface area contributed by atoms with Crippen molar-refractivity contribution < 1.29 is 28.6 Å². The molecule has 0 saturated carbocycles. The number of nitrogens with zero attached hydrogens (tertiary/aromatic N) is 1. The van der Waals surface area contributed by atoms with Crippen LogP contribution in [0.4, 0.5) is 4.79 Å². The Morgan fingerprint density at radius 1 is 1.19 bits per heavy atom. The van der Waals surface area contributed by atoms with Crippen molar-refractivity contribution >= 4 is 23.0 Å². The van der Waals surface area contributed by atoms with Crippen LogP contribution in [-0.2, 0) is 15.1 Å². The third-order valence-corrected chi connectivity index (χ3v) is 4.69. The van der Waals surface area contributed by atoms with Gasteiger partial charge in [0, 0.05) is 18.5 Å². The summed E-state index contributed by atoms with van der Waals surface area (Å²) in [5.74, 6) is -0.423. The van der Waals surface area contributed by atoms with E-state index in [1.807, 2.05) is 26.8 Å². The number of benzene rings is 1. The highest BCUT2D eigenvalue weighted by atomic mass is 16.6. The Kier molecular flexibility index (Phi) is 4.90. The van der Waals surface area contributed by atoms with Crippen LogP contribution >= 0.6 is 0 Å². The zero-order valence-electron chi connectivity index (χ0n) is 16.1. The quantitative estimate of drug-likeness (QED) is 0.809. The predicted octanol–water partition coefficient (Wildman–Crippen LogP) is 3.44. The molecule has 1 aromatic carbocycles. The zero-order valence-corrected chi connectivity index (χ0v) is 16.1. The van der Waals surface area contributed by atoms with E-state index in [1.54, 1.807) is 23.1 Å². The molecular weight excluding hydrogens is 350 g/mol. The van der Waals surface area contributed by atoms with Crippen molar-refractivity contribution in [2.75, 3.05) is 20.2 Å². The number of hydrogen-bond acceptors (Lipinski definition) is 6. The lowest BCUT2D eigenvalue weighted by molar-refractivity contribution is -0.0356. The number of carbonyl (C=O) groups is 2.